The predicted molar refractivity (Wildman–Crippen MR) is 82.4 cm³/mol. The summed E-state index contributed by atoms with van der Waals surface area (Å²) < 4.78 is 6.56. The van der Waals surface area contributed by atoms with Crippen LogP contribution in [-0.4, -0.2) is 36.5 Å². The Morgan fingerprint density at radius 3 is 2.55 bits per heavy atom. The molecule has 0 bridgehead atoms. The van der Waals surface area contributed by atoms with Gasteiger partial charge in [0.15, 0.2) is 5.88 Å². The average Bonchev–Trinajstić information content (AvgIpc) is 3.00. The number of furan rings is 1. The zero-order valence-corrected chi connectivity index (χ0v) is 11.7. The van der Waals surface area contributed by atoms with E-state index >= 15 is 0 Å². The lowest BCUT2D eigenvalue weighted by molar-refractivity contribution is 0.281. The molecule has 5 nitrogen and oxygen atoms in total. The highest BCUT2D eigenvalue weighted by Crippen LogP contribution is 2.38. The van der Waals surface area contributed by atoms with Crippen molar-refractivity contribution in [1.82, 2.24) is 0 Å². The first-order valence-corrected chi connectivity index (χ1v) is 7.23. The van der Waals surface area contributed by atoms with Crippen LogP contribution in [0.3, 0.4) is 0 Å². The molecule has 1 aromatic carbocycles. The van der Waals surface area contributed by atoms with E-state index in [1.807, 2.05) is 23.1 Å². The van der Waals surface area contributed by atoms with Crippen LogP contribution in [0.15, 0.2) is 28.7 Å². The second-order valence-electron chi connectivity index (χ2n) is 4.56. The first-order chi connectivity index (χ1) is 9.72. The molecule has 0 unspecified atom stereocenters. The molecule has 0 saturated heterocycles. The molecule has 0 amide bonds. The number of benzene rings is 1. The Kier molecular flexibility index (Phi) is 3.52. The van der Waals surface area contributed by atoms with E-state index in [1.165, 1.54) is 0 Å². The number of nitrogens with zero attached hydrogens (tertiary/aromatic N) is 1. The second-order valence-corrected chi connectivity index (χ2v) is 5.62. The molecule has 0 saturated carbocycles. The molecule has 20 heavy (non-hydrogen) atoms. The van der Waals surface area contributed by atoms with Crippen LogP contribution in [0, 0.1) is 0 Å². The molecule has 106 valence electrons. The van der Waals surface area contributed by atoms with Gasteiger partial charge in [-0.15, -0.1) is 11.3 Å². The van der Waals surface area contributed by atoms with Gasteiger partial charge in [0.25, 0.3) is 0 Å². The van der Waals surface area contributed by atoms with E-state index in [4.69, 9.17) is 20.4 Å². The Morgan fingerprint density at radius 1 is 1.10 bits per heavy atom. The Labute approximate surface area is 119 Å². The van der Waals surface area contributed by atoms with Crippen molar-refractivity contribution in [3.63, 3.8) is 0 Å². The van der Waals surface area contributed by atoms with Gasteiger partial charge in [0.1, 0.15) is 5.58 Å². The van der Waals surface area contributed by atoms with Gasteiger partial charge in [-0.2, -0.15) is 0 Å². The summed E-state index contributed by atoms with van der Waals surface area (Å²) >= 11 is 1.63. The summed E-state index contributed by atoms with van der Waals surface area (Å²) in [6.07, 6.45) is 0. The molecule has 0 radical (unpaired) electrons. The summed E-state index contributed by atoms with van der Waals surface area (Å²) in [6, 6.07) is 7.81. The smallest absolute Gasteiger partial charge is 0.191 e. The number of hydrogen-bond acceptors (Lipinski definition) is 6. The lowest BCUT2D eigenvalue weighted by Gasteiger charge is -2.20. The first kappa shape index (κ1) is 13.2. The molecule has 0 fully saturated rings. The van der Waals surface area contributed by atoms with Crippen molar-refractivity contribution in [3.05, 3.63) is 24.3 Å². The van der Waals surface area contributed by atoms with Crippen LogP contribution in [0.25, 0.3) is 21.1 Å². The maximum absolute atomic E-state index is 9.12. The molecular weight excluding hydrogens is 276 g/mol. The number of thiophene rings is 1. The molecule has 3 rings (SSSR count). The van der Waals surface area contributed by atoms with Gasteiger partial charge in [-0.1, -0.05) is 0 Å². The van der Waals surface area contributed by atoms with Crippen LogP contribution < -0.4 is 10.6 Å². The number of aliphatic hydroxyl groups excluding tert-OH is 2. The Morgan fingerprint density at radius 2 is 1.85 bits per heavy atom. The molecule has 2 heterocycles. The van der Waals surface area contributed by atoms with Crippen molar-refractivity contribution in [2.24, 2.45) is 0 Å². The summed E-state index contributed by atoms with van der Waals surface area (Å²) in [4.78, 5) is 1.97. The van der Waals surface area contributed by atoms with Crippen LogP contribution in [0.4, 0.5) is 10.9 Å². The molecule has 0 aliphatic rings. The van der Waals surface area contributed by atoms with Crippen molar-refractivity contribution in [2.75, 3.05) is 36.9 Å². The van der Waals surface area contributed by atoms with Crippen LogP contribution in [0.5, 0.6) is 0 Å². The fourth-order valence-electron chi connectivity index (χ4n) is 2.37. The fraction of sp³-hybridized carbons (Fsp3) is 0.286. The highest BCUT2D eigenvalue weighted by Gasteiger charge is 2.13. The lowest BCUT2D eigenvalue weighted by Crippen LogP contribution is -2.28. The van der Waals surface area contributed by atoms with Crippen molar-refractivity contribution in [1.29, 1.82) is 0 Å². The van der Waals surface area contributed by atoms with Gasteiger partial charge < -0.3 is 25.3 Å². The van der Waals surface area contributed by atoms with Crippen molar-refractivity contribution < 1.29 is 14.6 Å². The fourth-order valence-corrected chi connectivity index (χ4v) is 3.49. The van der Waals surface area contributed by atoms with Gasteiger partial charge in [-0.25, -0.2) is 0 Å². The second kappa shape index (κ2) is 5.32. The largest absolute Gasteiger partial charge is 0.441 e. The lowest BCUT2D eigenvalue weighted by atomic mass is 10.2. The van der Waals surface area contributed by atoms with Crippen LogP contribution in [0.2, 0.25) is 0 Å². The number of aliphatic hydroxyl groups is 2. The van der Waals surface area contributed by atoms with E-state index in [-0.39, 0.29) is 13.2 Å². The van der Waals surface area contributed by atoms with Crippen molar-refractivity contribution in [3.8, 4) is 0 Å². The summed E-state index contributed by atoms with van der Waals surface area (Å²) in [6.45, 7) is 1.12. The molecule has 3 aromatic rings. The summed E-state index contributed by atoms with van der Waals surface area (Å²) in [5.41, 5.74) is 6.48. The molecule has 0 aliphatic carbocycles. The van der Waals surface area contributed by atoms with Gasteiger partial charge in [0, 0.05) is 34.6 Å². The van der Waals surface area contributed by atoms with E-state index in [2.05, 4.69) is 6.07 Å². The van der Waals surface area contributed by atoms with Crippen molar-refractivity contribution in [2.45, 2.75) is 0 Å². The number of fused-ring (bicyclic) bond motifs is 3. The van der Waals surface area contributed by atoms with E-state index in [9.17, 15) is 0 Å². The minimum Gasteiger partial charge on any atom is -0.441 e. The third kappa shape index (κ3) is 2.22. The SMILES string of the molecule is Nc1cc2c(ccc3sc(N(CCO)CCO)cc32)o1. The minimum atomic E-state index is 0.0579. The van der Waals surface area contributed by atoms with E-state index < -0.39 is 0 Å². The van der Waals surface area contributed by atoms with Crippen molar-refractivity contribution >= 4 is 43.3 Å². The minimum absolute atomic E-state index is 0.0579. The van der Waals surface area contributed by atoms with Gasteiger partial charge in [0.05, 0.1) is 18.2 Å². The Hall–Kier alpha value is -1.76. The average molecular weight is 292 g/mol. The standard InChI is InChI=1S/C14H16N2O3S/c15-13-7-9-10-8-14(16(3-5-17)4-6-18)20-12(10)2-1-11(9)19-13/h1-2,7-8,17-18H,3-6,15H2. The highest BCUT2D eigenvalue weighted by molar-refractivity contribution is 7.23. The number of hydrogen-bond donors (Lipinski definition) is 3. The van der Waals surface area contributed by atoms with Gasteiger partial charge in [-0.3, -0.25) is 0 Å². The first-order valence-electron chi connectivity index (χ1n) is 6.41. The monoisotopic (exact) mass is 292 g/mol. The van der Waals surface area contributed by atoms with Gasteiger partial charge >= 0.3 is 0 Å². The third-order valence-corrected chi connectivity index (χ3v) is 4.42. The zero-order chi connectivity index (χ0) is 14.1. The molecular formula is C14H16N2O3S. The molecule has 4 N–H and O–H groups in total. The maximum Gasteiger partial charge on any atom is 0.191 e. The maximum atomic E-state index is 9.12. The number of nitrogens with two attached hydrogens (primary N) is 1. The molecule has 2 aromatic heterocycles. The van der Waals surface area contributed by atoms with E-state index in [0.29, 0.717) is 19.0 Å². The zero-order valence-electron chi connectivity index (χ0n) is 10.9. The Bertz CT molecular complexity index is 729. The van der Waals surface area contributed by atoms with Crippen LogP contribution in [0.1, 0.15) is 0 Å². The highest BCUT2D eigenvalue weighted by atomic mass is 32.1. The molecule has 0 aliphatic heterocycles. The normalized spacial score (nSPS) is 11.5. The molecule has 0 spiro atoms. The topological polar surface area (TPSA) is 82.9 Å². The quantitative estimate of drug-likeness (QED) is 0.670. The predicted octanol–water partition coefficient (Wildman–Crippen LogP) is 2.02. The summed E-state index contributed by atoms with van der Waals surface area (Å²) in [7, 11) is 0. The molecule has 6 heteroatoms. The van der Waals surface area contributed by atoms with Crippen LogP contribution >= 0.6 is 11.3 Å². The summed E-state index contributed by atoms with van der Waals surface area (Å²) in [5, 5.41) is 21.4. The number of nitrogen functional groups attached to an aromatic ring is 1. The third-order valence-electron chi connectivity index (χ3n) is 3.26. The van der Waals surface area contributed by atoms with Gasteiger partial charge in [0.2, 0.25) is 0 Å². The summed E-state index contributed by atoms with van der Waals surface area (Å²) in [5.74, 6) is 0.405. The number of anilines is 2. The van der Waals surface area contributed by atoms with E-state index in [0.717, 1.165) is 26.1 Å². The van der Waals surface area contributed by atoms with Crippen LogP contribution in [-0.2, 0) is 0 Å². The molecule has 0 atom stereocenters. The number of rotatable bonds is 5. The Balaban J connectivity index is 2.11. The van der Waals surface area contributed by atoms with E-state index in [1.54, 1.807) is 11.3 Å². The van der Waals surface area contributed by atoms with Gasteiger partial charge in [-0.05, 0) is 18.2 Å².